The zero-order chi connectivity index (χ0) is 18.6. The van der Waals surface area contributed by atoms with E-state index in [1.165, 1.54) is 0 Å². The molecule has 4 rings (SSSR count). The van der Waals surface area contributed by atoms with E-state index in [2.05, 4.69) is 10.3 Å². The van der Waals surface area contributed by atoms with Gasteiger partial charge in [0.25, 0.3) is 5.91 Å². The Hall–Kier alpha value is -2.67. The molecule has 2 amide bonds. The Morgan fingerprint density at radius 2 is 1.96 bits per heavy atom. The van der Waals surface area contributed by atoms with Crippen LogP contribution in [0.1, 0.15) is 34.7 Å². The van der Waals surface area contributed by atoms with Crippen molar-refractivity contribution < 1.29 is 14.3 Å². The summed E-state index contributed by atoms with van der Waals surface area (Å²) in [6, 6.07) is 9.96. The molecule has 0 bridgehead atoms. The van der Waals surface area contributed by atoms with E-state index in [9.17, 15) is 9.59 Å². The highest BCUT2D eigenvalue weighted by molar-refractivity contribution is 5.91. The van der Waals surface area contributed by atoms with Crippen molar-refractivity contribution in [1.82, 2.24) is 19.8 Å². The van der Waals surface area contributed by atoms with Crippen LogP contribution in [0.4, 0.5) is 0 Å². The number of carbonyl (C=O) groups excluding carboxylic acids is 2. The topological polar surface area (TPSA) is 76.5 Å². The number of nitrogens with one attached hydrogen (secondary N) is 1. The number of ether oxygens (including phenoxy) is 1. The van der Waals surface area contributed by atoms with Crippen LogP contribution in [-0.4, -0.2) is 46.0 Å². The first kappa shape index (κ1) is 17.7. The summed E-state index contributed by atoms with van der Waals surface area (Å²) in [7, 11) is 0. The van der Waals surface area contributed by atoms with Gasteiger partial charge in [0, 0.05) is 45.0 Å². The van der Waals surface area contributed by atoms with Crippen molar-refractivity contribution in [2.75, 3.05) is 19.8 Å². The van der Waals surface area contributed by atoms with Crippen molar-refractivity contribution in [3.05, 3.63) is 53.6 Å². The monoisotopic (exact) mass is 368 g/mol. The van der Waals surface area contributed by atoms with Gasteiger partial charge in [0.05, 0.1) is 12.2 Å². The Bertz CT molecular complexity index is 812. The Morgan fingerprint density at radius 3 is 2.74 bits per heavy atom. The number of fused-ring (bicyclic) bond motifs is 1. The van der Waals surface area contributed by atoms with Crippen LogP contribution >= 0.6 is 0 Å². The van der Waals surface area contributed by atoms with Crippen LogP contribution in [0.15, 0.2) is 36.5 Å². The molecule has 7 nitrogen and oxygen atoms in total. The number of rotatable bonds is 5. The molecule has 1 fully saturated rings. The zero-order valence-corrected chi connectivity index (χ0v) is 15.3. The quantitative estimate of drug-likeness (QED) is 0.869. The number of imidazole rings is 1. The average molecular weight is 368 g/mol. The van der Waals surface area contributed by atoms with E-state index in [-0.39, 0.29) is 17.7 Å². The van der Waals surface area contributed by atoms with Gasteiger partial charge in [0.1, 0.15) is 0 Å². The maximum Gasteiger partial charge on any atom is 0.290 e. The van der Waals surface area contributed by atoms with Gasteiger partial charge in [-0.2, -0.15) is 0 Å². The third kappa shape index (κ3) is 4.03. The molecular formula is C20H24N4O3. The molecule has 1 aromatic carbocycles. The van der Waals surface area contributed by atoms with Gasteiger partial charge in [-0.25, -0.2) is 4.98 Å². The fourth-order valence-corrected chi connectivity index (χ4v) is 3.60. The minimum Gasteiger partial charge on any atom is -0.381 e. The number of hydrogen-bond donors (Lipinski definition) is 1. The molecule has 0 aliphatic carbocycles. The van der Waals surface area contributed by atoms with Gasteiger partial charge in [-0.15, -0.1) is 0 Å². The summed E-state index contributed by atoms with van der Waals surface area (Å²) in [4.78, 5) is 31.3. The normalized spacial score (nSPS) is 17.6. The lowest BCUT2D eigenvalue weighted by molar-refractivity contribution is -0.128. The number of aromatic nitrogens is 2. The van der Waals surface area contributed by atoms with Crippen LogP contribution in [0.3, 0.4) is 0 Å². The smallest absolute Gasteiger partial charge is 0.290 e. The maximum absolute atomic E-state index is 12.8. The third-order valence-corrected chi connectivity index (χ3v) is 5.17. The second-order valence-electron chi connectivity index (χ2n) is 7.07. The van der Waals surface area contributed by atoms with Crippen molar-refractivity contribution in [2.24, 2.45) is 5.92 Å². The number of benzene rings is 1. The minimum absolute atomic E-state index is 0.0129. The van der Waals surface area contributed by atoms with Crippen molar-refractivity contribution in [2.45, 2.75) is 32.5 Å². The summed E-state index contributed by atoms with van der Waals surface area (Å²) in [5.74, 6) is 0.444. The molecule has 1 N–H and O–H groups in total. The number of hydrogen-bond acceptors (Lipinski definition) is 4. The molecule has 0 radical (unpaired) electrons. The van der Waals surface area contributed by atoms with Crippen LogP contribution < -0.4 is 5.32 Å². The Morgan fingerprint density at radius 1 is 1.19 bits per heavy atom. The Labute approximate surface area is 158 Å². The SMILES string of the molecule is O=C(NCc1cn2c(n1)C(=O)N(Cc1ccccc1)CC2)C1CCOCC1. The zero-order valence-electron chi connectivity index (χ0n) is 15.3. The molecule has 142 valence electrons. The second kappa shape index (κ2) is 7.92. The summed E-state index contributed by atoms with van der Waals surface area (Å²) in [6.45, 7) is 3.59. The second-order valence-corrected chi connectivity index (χ2v) is 7.07. The van der Waals surface area contributed by atoms with Gasteiger partial charge in [0.2, 0.25) is 5.91 Å². The summed E-state index contributed by atoms with van der Waals surface area (Å²) < 4.78 is 7.18. The number of nitrogens with zero attached hydrogens (tertiary/aromatic N) is 3. The van der Waals surface area contributed by atoms with Gasteiger partial charge in [-0.1, -0.05) is 30.3 Å². The molecule has 1 aromatic heterocycles. The van der Waals surface area contributed by atoms with E-state index < -0.39 is 0 Å². The molecule has 0 saturated carbocycles. The van der Waals surface area contributed by atoms with Crippen LogP contribution in [0.5, 0.6) is 0 Å². The third-order valence-electron chi connectivity index (χ3n) is 5.17. The van der Waals surface area contributed by atoms with Crippen molar-refractivity contribution in [3.63, 3.8) is 0 Å². The van der Waals surface area contributed by atoms with Gasteiger partial charge in [-0.05, 0) is 18.4 Å². The lowest BCUT2D eigenvalue weighted by Crippen LogP contribution is -2.39. The summed E-state index contributed by atoms with van der Waals surface area (Å²) in [5, 5.41) is 2.95. The Kier molecular flexibility index (Phi) is 5.20. The van der Waals surface area contributed by atoms with Gasteiger partial charge in [0.15, 0.2) is 5.82 Å². The van der Waals surface area contributed by atoms with Crippen LogP contribution in [0.2, 0.25) is 0 Å². The molecular weight excluding hydrogens is 344 g/mol. The highest BCUT2D eigenvalue weighted by Gasteiger charge is 2.27. The molecule has 2 aromatic rings. The van der Waals surface area contributed by atoms with E-state index in [4.69, 9.17) is 4.74 Å². The Balaban J connectivity index is 1.37. The van der Waals surface area contributed by atoms with E-state index in [1.54, 1.807) is 0 Å². The molecule has 3 heterocycles. The van der Waals surface area contributed by atoms with Crippen molar-refractivity contribution in [3.8, 4) is 0 Å². The van der Waals surface area contributed by atoms with Crippen molar-refractivity contribution in [1.29, 1.82) is 0 Å². The van der Waals surface area contributed by atoms with Crippen molar-refractivity contribution >= 4 is 11.8 Å². The molecule has 2 aliphatic heterocycles. The molecule has 2 aliphatic rings. The molecule has 27 heavy (non-hydrogen) atoms. The molecule has 0 unspecified atom stereocenters. The largest absolute Gasteiger partial charge is 0.381 e. The van der Waals surface area contributed by atoms with Crippen LogP contribution in [0, 0.1) is 5.92 Å². The molecule has 0 spiro atoms. The fourth-order valence-electron chi connectivity index (χ4n) is 3.60. The van der Waals surface area contributed by atoms with E-state index in [1.807, 2.05) is 46.0 Å². The highest BCUT2D eigenvalue weighted by atomic mass is 16.5. The molecule has 1 saturated heterocycles. The predicted molar refractivity (Wildman–Crippen MR) is 98.8 cm³/mol. The summed E-state index contributed by atoms with van der Waals surface area (Å²) in [6.07, 6.45) is 3.40. The first-order chi connectivity index (χ1) is 13.2. The van der Waals surface area contributed by atoms with E-state index >= 15 is 0 Å². The first-order valence-corrected chi connectivity index (χ1v) is 9.45. The minimum atomic E-state index is -0.0629. The number of amides is 2. The van der Waals surface area contributed by atoms with E-state index in [0.29, 0.717) is 38.7 Å². The van der Waals surface area contributed by atoms with Crippen LogP contribution in [0.25, 0.3) is 0 Å². The lowest BCUT2D eigenvalue weighted by atomic mass is 9.99. The fraction of sp³-hybridized carbons (Fsp3) is 0.450. The van der Waals surface area contributed by atoms with Gasteiger partial charge < -0.3 is 19.5 Å². The first-order valence-electron chi connectivity index (χ1n) is 9.45. The number of carbonyl (C=O) groups is 2. The summed E-state index contributed by atoms with van der Waals surface area (Å²) in [5.41, 5.74) is 1.83. The van der Waals surface area contributed by atoms with Gasteiger partial charge >= 0.3 is 0 Å². The standard InChI is InChI=1S/C20H24N4O3/c25-19(16-6-10-27-11-7-16)21-12-17-14-23-8-9-24(20(26)18(23)22-17)13-15-4-2-1-3-5-15/h1-5,14,16H,6-13H2,(H,21,25). The maximum atomic E-state index is 12.8. The predicted octanol–water partition coefficient (Wildman–Crippen LogP) is 1.58. The molecule has 0 atom stereocenters. The average Bonchev–Trinajstić information content (AvgIpc) is 3.14. The lowest BCUT2D eigenvalue weighted by Gasteiger charge is -2.27. The summed E-state index contributed by atoms with van der Waals surface area (Å²) >= 11 is 0. The van der Waals surface area contributed by atoms with Crippen LogP contribution in [-0.2, 0) is 29.2 Å². The van der Waals surface area contributed by atoms with E-state index in [0.717, 1.165) is 30.6 Å². The molecule has 7 heteroatoms. The highest BCUT2D eigenvalue weighted by Crippen LogP contribution is 2.17. The van der Waals surface area contributed by atoms with Gasteiger partial charge in [-0.3, -0.25) is 9.59 Å².